The monoisotopic (exact) mass is 266 g/mol. The van der Waals surface area contributed by atoms with E-state index in [-0.39, 0.29) is 11.7 Å². The fraction of sp³-hybridized carbons (Fsp3) is 0.385. The zero-order valence-electron chi connectivity index (χ0n) is 10.8. The van der Waals surface area contributed by atoms with Crippen LogP contribution in [0, 0.1) is 0 Å². The minimum atomic E-state index is -1.53. The summed E-state index contributed by atoms with van der Waals surface area (Å²) in [6.07, 6.45) is 0.0246. The third-order valence-corrected chi connectivity index (χ3v) is 2.26. The largest absolute Gasteiger partial charge is 0.548 e. The molecule has 0 bridgehead atoms. The number of aliphatic hydroxyl groups excluding tert-OH is 1. The molecule has 6 heteroatoms. The third kappa shape index (κ3) is 4.59. The molecule has 1 aromatic rings. The second kappa shape index (κ2) is 6.75. The normalized spacial score (nSPS) is 12.0. The van der Waals surface area contributed by atoms with E-state index in [1.807, 2.05) is 13.8 Å². The van der Waals surface area contributed by atoms with Crippen LogP contribution in [0.2, 0.25) is 0 Å². The molecule has 1 aromatic carbocycles. The molecule has 1 amide bonds. The van der Waals surface area contributed by atoms with E-state index in [2.05, 4.69) is 5.32 Å². The van der Waals surface area contributed by atoms with Gasteiger partial charge in [-0.1, -0.05) is 0 Å². The number of rotatable bonds is 6. The Kier molecular flexibility index (Phi) is 5.32. The number of nitrogens with one attached hydrogen (secondary N) is 1. The van der Waals surface area contributed by atoms with Gasteiger partial charge in [0.2, 0.25) is 0 Å². The molecule has 0 spiro atoms. The molecule has 0 radical (unpaired) electrons. The van der Waals surface area contributed by atoms with Crippen LogP contribution in [-0.4, -0.2) is 35.7 Å². The van der Waals surface area contributed by atoms with Crippen molar-refractivity contribution < 1.29 is 24.5 Å². The number of benzene rings is 1. The lowest BCUT2D eigenvalue weighted by atomic mass is 10.2. The van der Waals surface area contributed by atoms with Crippen LogP contribution in [0.25, 0.3) is 0 Å². The van der Waals surface area contributed by atoms with E-state index in [4.69, 9.17) is 9.84 Å². The molecule has 0 aliphatic carbocycles. The molecular formula is C13H16NO5-. The van der Waals surface area contributed by atoms with Gasteiger partial charge in [-0.2, -0.15) is 0 Å². The summed E-state index contributed by atoms with van der Waals surface area (Å²) >= 11 is 0. The number of hydrogen-bond acceptors (Lipinski definition) is 5. The zero-order chi connectivity index (χ0) is 14.4. The number of hydrogen-bond donors (Lipinski definition) is 2. The van der Waals surface area contributed by atoms with Gasteiger partial charge in [-0.15, -0.1) is 0 Å². The average Bonchev–Trinajstić information content (AvgIpc) is 2.35. The van der Waals surface area contributed by atoms with Crippen LogP contribution >= 0.6 is 0 Å². The Morgan fingerprint density at radius 2 is 1.89 bits per heavy atom. The average molecular weight is 266 g/mol. The van der Waals surface area contributed by atoms with Gasteiger partial charge in [0, 0.05) is 5.56 Å². The number of carboxylic acid groups (broad SMARTS) is 1. The molecule has 104 valence electrons. The molecule has 1 rings (SSSR count). The minimum absolute atomic E-state index is 0.0246. The highest BCUT2D eigenvalue weighted by Gasteiger charge is 2.13. The summed E-state index contributed by atoms with van der Waals surface area (Å²) in [7, 11) is 0. The molecule has 0 saturated heterocycles. The van der Waals surface area contributed by atoms with Crippen LogP contribution < -0.4 is 15.2 Å². The molecule has 1 atom stereocenters. The van der Waals surface area contributed by atoms with Gasteiger partial charge in [0.1, 0.15) is 5.75 Å². The Morgan fingerprint density at radius 3 is 2.32 bits per heavy atom. The molecule has 0 unspecified atom stereocenters. The Labute approximate surface area is 111 Å². The number of aliphatic hydroxyl groups is 1. The van der Waals surface area contributed by atoms with Gasteiger partial charge in [-0.3, -0.25) is 4.79 Å². The molecule has 6 nitrogen and oxygen atoms in total. The van der Waals surface area contributed by atoms with Gasteiger partial charge in [0.15, 0.2) is 0 Å². The minimum Gasteiger partial charge on any atom is -0.548 e. The lowest BCUT2D eigenvalue weighted by Gasteiger charge is -2.17. The number of aliphatic carboxylic acids is 1. The van der Waals surface area contributed by atoms with Crippen LogP contribution in [0.4, 0.5) is 0 Å². The summed E-state index contributed by atoms with van der Waals surface area (Å²) in [6.45, 7) is 3.04. The van der Waals surface area contributed by atoms with E-state index < -0.39 is 24.5 Å². The van der Waals surface area contributed by atoms with Crippen LogP contribution in [0.15, 0.2) is 24.3 Å². The predicted octanol–water partition coefficient (Wildman–Crippen LogP) is -0.686. The van der Waals surface area contributed by atoms with E-state index in [9.17, 15) is 14.7 Å². The number of ether oxygens (including phenoxy) is 1. The van der Waals surface area contributed by atoms with Gasteiger partial charge >= 0.3 is 0 Å². The fourth-order valence-corrected chi connectivity index (χ4v) is 1.38. The Hall–Kier alpha value is -2.08. The van der Waals surface area contributed by atoms with Crippen LogP contribution in [0.3, 0.4) is 0 Å². The quantitative estimate of drug-likeness (QED) is 0.710. The van der Waals surface area contributed by atoms with Gasteiger partial charge in [-0.25, -0.2) is 0 Å². The van der Waals surface area contributed by atoms with Crippen molar-refractivity contribution in [1.29, 1.82) is 0 Å². The molecule has 0 aromatic heterocycles. The SMILES string of the molecule is CC(C)Oc1ccc(C(=O)N[C@@H](CO)C(=O)[O-])cc1. The van der Waals surface area contributed by atoms with Crippen molar-refractivity contribution >= 4 is 11.9 Å². The van der Waals surface area contributed by atoms with Gasteiger partial charge < -0.3 is 25.1 Å². The van der Waals surface area contributed by atoms with Crippen LogP contribution in [0.5, 0.6) is 5.75 Å². The van der Waals surface area contributed by atoms with Crippen molar-refractivity contribution in [3.8, 4) is 5.75 Å². The predicted molar refractivity (Wildman–Crippen MR) is 65.6 cm³/mol. The topological polar surface area (TPSA) is 98.7 Å². The van der Waals surface area contributed by atoms with E-state index in [1.54, 1.807) is 12.1 Å². The van der Waals surface area contributed by atoms with Crippen LogP contribution in [-0.2, 0) is 4.79 Å². The summed E-state index contributed by atoms with van der Waals surface area (Å²) in [6, 6.07) is 4.83. The Morgan fingerprint density at radius 1 is 1.32 bits per heavy atom. The Bertz CT molecular complexity index is 441. The number of carboxylic acids is 1. The smallest absolute Gasteiger partial charge is 0.251 e. The number of carbonyl (C=O) groups excluding carboxylic acids is 2. The lowest BCUT2D eigenvalue weighted by Crippen LogP contribution is -2.50. The van der Waals surface area contributed by atoms with Crippen molar-refractivity contribution in [3.05, 3.63) is 29.8 Å². The maximum Gasteiger partial charge on any atom is 0.251 e. The summed E-state index contributed by atoms with van der Waals surface area (Å²) in [5.41, 5.74) is 0.274. The molecule has 0 aliphatic rings. The van der Waals surface area contributed by atoms with Crippen molar-refractivity contribution in [2.45, 2.75) is 26.0 Å². The van der Waals surface area contributed by atoms with E-state index in [0.717, 1.165) is 0 Å². The second-order valence-electron chi connectivity index (χ2n) is 4.22. The summed E-state index contributed by atoms with van der Waals surface area (Å²) in [4.78, 5) is 22.3. The van der Waals surface area contributed by atoms with Crippen molar-refractivity contribution in [2.24, 2.45) is 0 Å². The van der Waals surface area contributed by atoms with Crippen molar-refractivity contribution in [3.63, 3.8) is 0 Å². The Balaban J connectivity index is 2.70. The third-order valence-electron chi connectivity index (χ3n) is 2.26. The molecule has 19 heavy (non-hydrogen) atoms. The molecule has 2 N–H and O–H groups in total. The zero-order valence-corrected chi connectivity index (χ0v) is 10.8. The molecule has 0 heterocycles. The summed E-state index contributed by atoms with van der Waals surface area (Å²) in [5.74, 6) is -1.51. The summed E-state index contributed by atoms with van der Waals surface area (Å²) < 4.78 is 5.41. The fourth-order valence-electron chi connectivity index (χ4n) is 1.38. The number of carbonyl (C=O) groups is 2. The molecule has 0 fully saturated rings. The highest BCUT2D eigenvalue weighted by atomic mass is 16.5. The first-order chi connectivity index (χ1) is 8.93. The first-order valence-electron chi connectivity index (χ1n) is 5.83. The van der Waals surface area contributed by atoms with E-state index in [1.165, 1.54) is 12.1 Å². The standard InChI is InChI=1S/C13H17NO5/c1-8(2)19-10-5-3-9(4-6-10)12(16)14-11(7-15)13(17)18/h3-6,8,11,15H,7H2,1-2H3,(H,14,16)(H,17,18)/p-1/t11-/m0/s1. The van der Waals surface area contributed by atoms with Gasteiger partial charge in [-0.05, 0) is 38.1 Å². The molecular weight excluding hydrogens is 250 g/mol. The molecule has 0 saturated carbocycles. The molecule has 0 aliphatic heterocycles. The maximum atomic E-state index is 11.7. The maximum absolute atomic E-state index is 11.7. The highest BCUT2D eigenvalue weighted by Crippen LogP contribution is 2.13. The first kappa shape index (κ1) is 15.0. The van der Waals surface area contributed by atoms with Crippen LogP contribution in [0.1, 0.15) is 24.2 Å². The lowest BCUT2D eigenvalue weighted by molar-refractivity contribution is -0.308. The van der Waals surface area contributed by atoms with Crippen molar-refractivity contribution in [2.75, 3.05) is 6.61 Å². The highest BCUT2D eigenvalue weighted by molar-refractivity contribution is 5.96. The first-order valence-corrected chi connectivity index (χ1v) is 5.83. The van der Waals surface area contributed by atoms with Crippen molar-refractivity contribution in [1.82, 2.24) is 5.32 Å². The van der Waals surface area contributed by atoms with E-state index in [0.29, 0.717) is 5.75 Å². The summed E-state index contributed by atoms with van der Waals surface area (Å²) in [5, 5.41) is 21.5. The van der Waals surface area contributed by atoms with Gasteiger partial charge in [0.25, 0.3) is 5.91 Å². The number of amides is 1. The second-order valence-corrected chi connectivity index (χ2v) is 4.22. The van der Waals surface area contributed by atoms with Gasteiger partial charge in [0.05, 0.1) is 24.7 Å². The van der Waals surface area contributed by atoms with E-state index >= 15 is 0 Å².